The van der Waals surface area contributed by atoms with E-state index in [2.05, 4.69) is 5.32 Å². The predicted molar refractivity (Wildman–Crippen MR) is 126 cm³/mol. The normalized spacial score (nSPS) is 11.9. The van der Waals surface area contributed by atoms with E-state index < -0.39 is 17.7 Å². The van der Waals surface area contributed by atoms with Crippen LogP contribution in [0.2, 0.25) is 0 Å². The van der Waals surface area contributed by atoms with Crippen molar-refractivity contribution in [3.63, 3.8) is 0 Å². The number of hydrogen-bond donors (Lipinski definition) is 1. The second kappa shape index (κ2) is 10.7. The van der Waals surface area contributed by atoms with Gasteiger partial charge in [0.1, 0.15) is 18.0 Å². The molecule has 0 spiro atoms. The molecule has 6 heteroatoms. The molecule has 0 radical (unpaired) electrons. The number of hydrogen-bond acceptors (Lipinski definition) is 5. The Morgan fingerprint density at radius 2 is 1.55 bits per heavy atom. The van der Waals surface area contributed by atoms with Gasteiger partial charge in [-0.25, -0.2) is 9.59 Å². The molecule has 6 nitrogen and oxygen atoms in total. The molecule has 1 unspecified atom stereocenters. The Labute approximate surface area is 194 Å². The average molecular weight is 448 g/mol. The van der Waals surface area contributed by atoms with E-state index in [9.17, 15) is 9.59 Å². The number of benzene rings is 3. The number of rotatable bonds is 7. The zero-order valence-electron chi connectivity index (χ0n) is 19.3. The highest BCUT2D eigenvalue weighted by molar-refractivity contribution is 5.89. The SMILES string of the molecule is COC(=O)c1ccc(COc2cccc(C(NC(=O)OC(C)(C)C)c3ccccc3)c2)cc1. The fraction of sp³-hybridized carbons (Fsp3) is 0.259. The molecule has 1 atom stereocenters. The first-order valence-electron chi connectivity index (χ1n) is 10.7. The third-order valence-electron chi connectivity index (χ3n) is 4.77. The number of alkyl carbamates (subject to hydrolysis) is 1. The molecule has 172 valence electrons. The summed E-state index contributed by atoms with van der Waals surface area (Å²) in [5.41, 5.74) is 2.60. The van der Waals surface area contributed by atoms with Crippen molar-refractivity contribution in [2.75, 3.05) is 7.11 Å². The van der Waals surface area contributed by atoms with E-state index in [0.29, 0.717) is 17.9 Å². The Bertz CT molecular complexity index is 1070. The lowest BCUT2D eigenvalue weighted by molar-refractivity contribution is 0.0511. The van der Waals surface area contributed by atoms with Gasteiger partial charge in [0.2, 0.25) is 0 Å². The van der Waals surface area contributed by atoms with E-state index in [1.54, 1.807) is 12.1 Å². The van der Waals surface area contributed by atoms with E-state index in [4.69, 9.17) is 14.2 Å². The number of amides is 1. The smallest absolute Gasteiger partial charge is 0.408 e. The molecule has 0 aliphatic rings. The number of ether oxygens (including phenoxy) is 3. The monoisotopic (exact) mass is 447 g/mol. The minimum absolute atomic E-state index is 0.334. The van der Waals surface area contributed by atoms with Crippen molar-refractivity contribution in [1.29, 1.82) is 0 Å². The van der Waals surface area contributed by atoms with E-state index in [1.165, 1.54) is 7.11 Å². The first-order chi connectivity index (χ1) is 15.7. The Kier molecular flexibility index (Phi) is 7.72. The summed E-state index contributed by atoms with van der Waals surface area (Å²) in [7, 11) is 1.35. The second-order valence-corrected chi connectivity index (χ2v) is 8.54. The van der Waals surface area contributed by atoms with Crippen LogP contribution in [0, 0.1) is 0 Å². The summed E-state index contributed by atoms with van der Waals surface area (Å²) in [5, 5.41) is 2.97. The molecule has 1 N–H and O–H groups in total. The topological polar surface area (TPSA) is 73.9 Å². The Hall–Kier alpha value is -3.80. The molecule has 3 rings (SSSR count). The van der Waals surface area contributed by atoms with Gasteiger partial charge in [-0.1, -0.05) is 54.6 Å². The van der Waals surface area contributed by atoms with E-state index >= 15 is 0 Å². The summed E-state index contributed by atoms with van der Waals surface area (Å²) in [6.45, 7) is 5.82. The molecule has 3 aromatic carbocycles. The van der Waals surface area contributed by atoms with Crippen LogP contribution in [-0.4, -0.2) is 24.8 Å². The van der Waals surface area contributed by atoms with Crippen LogP contribution in [0.5, 0.6) is 5.75 Å². The molecular formula is C27H29NO5. The van der Waals surface area contributed by atoms with Crippen molar-refractivity contribution in [2.24, 2.45) is 0 Å². The van der Waals surface area contributed by atoms with Crippen molar-refractivity contribution in [1.82, 2.24) is 5.32 Å². The van der Waals surface area contributed by atoms with Crippen molar-refractivity contribution in [2.45, 2.75) is 39.0 Å². The lowest BCUT2D eigenvalue weighted by Crippen LogP contribution is -2.35. The highest BCUT2D eigenvalue weighted by Gasteiger charge is 2.22. The van der Waals surface area contributed by atoms with Gasteiger partial charge in [-0.05, 0) is 61.7 Å². The zero-order valence-corrected chi connectivity index (χ0v) is 19.3. The van der Waals surface area contributed by atoms with Crippen molar-refractivity contribution >= 4 is 12.1 Å². The average Bonchev–Trinajstić information content (AvgIpc) is 2.80. The molecule has 1 amide bonds. The van der Waals surface area contributed by atoms with Crippen LogP contribution in [0.1, 0.15) is 53.9 Å². The van der Waals surface area contributed by atoms with E-state index in [1.807, 2.05) is 87.5 Å². The van der Waals surface area contributed by atoms with Gasteiger partial charge in [0.15, 0.2) is 0 Å². The summed E-state index contributed by atoms with van der Waals surface area (Å²) < 4.78 is 16.2. The quantitative estimate of drug-likeness (QED) is 0.473. The van der Waals surface area contributed by atoms with Gasteiger partial charge >= 0.3 is 12.1 Å². The summed E-state index contributed by atoms with van der Waals surface area (Å²) in [5.74, 6) is 0.288. The molecule has 0 heterocycles. The molecule has 0 aromatic heterocycles. The largest absolute Gasteiger partial charge is 0.489 e. The fourth-order valence-corrected chi connectivity index (χ4v) is 3.24. The lowest BCUT2D eigenvalue weighted by atomic mass is 9.98. The maximum Gasteiger partial charge on any atom is 0.408 e. The van der Waals surface area contributed by atoms with Crippen LogP contribution in [0.15, 0.2) is 78.9 Å². The molecular weight excluding hydrogens is 418 g/mol. The van der Waals surface area contributed by atoms with Gasteiger partial charge in [0.25, 0.3) is 0 Å². The van der Waals surface area contributed by atoms with E-state index in [-0.39, 0.29) is 5.97 Å². The number of esters is 1. The third kappa shape index (κ3) is 7.10. The zero-order chi connectivity index (χ0) is 23.8. The molecule has 0 aliphatic heterocycles. The van der Waals surface area contributed by atoms with Crippen molar-refractivity contribution in [3.05, 3.63) is 101 Å². The summed E-state index contributed by atoms with van der Waals surface area (Å²) in [6.07, 6.45) is -0.492. The minimum Gasteiger partial charge on any atom is -0.489 e. The van der Waals surface area contributed by atoms with E-state index in [0.717, 1.165) is 16.7 Å². The first kappa shape index (κ1) is 23.9. The highest BCUT2D eigenvalue weighted by Crippen LogP contribution is 2.26. The van der Waals surface area contributed by atoms with Gasteiger partial charge in [-0.2, -0.15) is 0 Å². The Morgan fingerprint density at radius 3 is 2.18 bits per heavy atom. The Balaban J connectivity index is 1.76. The molecule has 0 saturated carbocycles. The number of carbonyl (C=O) groups is 2. The van der Waals surface area contributed by atoms with Crippen LogP contribution in [-0.2, 0) is 16.1 Å². The number of methoxy groups -OCH3 is 1. The summed E-state index contributed by atoms with van der Waals surface area (Å²) >= 11 is 0. The van der Waals surface area contributed by atoms with Crippen molar-refractivity contribution < 1.29 is 23.8 Å². The molecule has 33 heavy (non-hydrogen) atoms. The number of nitrogens with one attached hydrogen (secondary N) is 1. The van der Waals surface area contributed by atoms with Crippen LogP contribution < -0.4 is 10.1 Å². The Morgan fingerprint density at radius 1 is 0.879 bits per heavy atom. The maximum atomic E-state index is 12.5. The van der Waals surface area contributed by atoms with Crippen LogP contribution in [0.25, 0.3) is 0 Å². The van der Waals surface area contributed by atoms with Gasteiger partial charge in [0.05, 0.1) is 18.7 Å². The first-order valence-corrected chi connectivity index (χ1v) is 10.7. The number of carbonyl (C=O) groups excluding carboxylic acids is 2. The van der Waals surface area contributed by atoms with Crippen molar-refractivity contribution in [3.8, 4) is 5.75 Å². The minimum atomic E-state index is -0.598. The molecule has 3 aromatic rings. The maximum absolute atomic E-state index is 12.5. The summed E-state index contributed by atoms with van der Waals surface area (Å²) in [4.78, 5) is 24.1. The van der Waals surface area contributed by atoms with Gasteiger partial charge < -0.3 is 19.5 Å². The third-order valence-corrected chi connectivity index (χ3v) is 4.77. The molecule has 0 aliphatic carbocycles. The highest BCUT2D eigenvalue weighted by atomic mass is 16.6. The second-order valence-electron chi connectivity index (χ2n) is 8.54. The van der Waals surface area contributed by atoms with Gasteiger partial charge in [-0.15, -0.1) is 0 Å². The standard InChI is InChI=1S/C27H29NO5/c1-27(2,3)33-26(30)28-24(20-9-6-5-7-10-20)22-11-8-12-23(17-22)32-18-19-13-15-21(16-14-19)25(29)31-4/h5-17,24H,18H2,1-4H3,(H,28,30). The summed E-state index contributed by atoms with van der Waals surface area (Å²) in [6, 6.07) is 24.0. The van der Waals surface area contributed by atoms with Crippen LogP contribution in [0.4, 0.5) is 4.79 Å². The molecule has 0 fully saturated rings. The molecule has 0 saturated heterocycles. The van der Waals surface area contributed by atoms with Gasteiger partial charge in [-0.3, -0.25) is 0 Å². The fourth-order valence-electron chi connectivity index (χ4n) is 3.24. The molecule has 0 bridgehead atoms. The van der Waals surface area contributed by atoms with Gasteiger partial charge in [0, 0.05) is 0 Å². The van der Waals surface area contributed by atoms with Crippen LogP contribution >= 0.6 is 0 Å². The lowest BCUT2D eigenvalue weighted by Gasteiger charge is -2.24. The predicted octanol–water partition coefficient (Wildman–Crippen LogP) is 5.67. The van der Waals surface area contributed by atoms with Crippen LogP contribution in [0.3, 0.4) is 0 Å².